The predicted molar refractivity (Wildman–Crippen MR) is 151 cm³/mol. The molecule has 0 saturated heterocycles. The SMILES string of the molecule is Cc1[nH]c(/C=C2\C(=O)Nc3ccc(C(=O)NC(C)c4ccccc4)cc32)c(C)c1C(=O)NCc1cccnc1. The molecule has 4 aromatic rings. The normalized spacial score (nSPS) is 14.0. The molecule has 3 heterocycles. The molecule has 8 nitrogen and oxygen atoms in total. The summed E-state index contributed by atoms with van der Waals surface area (Å²) in [6.45, 7) is 5.96. The lowest BCUT2D eigenvalue weighted by molar-refractivity contribution is -0.110. The van der Waals surface area contributed by atoms with E-state index in [0.717, 1.165) is 16.7 Å². The van der Waals surface area contributed by atoms with Crippen molar-refractivity contribution in [2.24, 2.45) is 0 Å². The Labute approximate surface area is 226 Å². The highest BCUT2D eigenvalue weighted by Gasteiger charge is 2.27. The molecular formula is C31H29N5O3. The molecule has 5 rings (SSSR count). The molecule has 0 aliphatic carbocycles. The Morgan fingerprint density at radius 1 is 1.03 bits per heavy atom. The van der Waals surface area contributed by atoms with E-state index in [1.807, 2.05) is 63.2 Å². The first-order valence-electron chi connectivity index (χ1n) is 12.7. The Balaban J connectivity index is 1.38. The summed E-state index contributed by atoms with van der Waals surface area (Å²) in [6, 6.07) is 18.4. The lowest BCUT2D eigenvalue weighted by Crippen LogP contribution is -2.26. The zero-order valence-electron chi connectivity index (χ0n) is 22.0. The van der Waals surface area contributed by atoms with E-state index < -0.39 is 0 Å². The lowest BCUT2D eigenvalue weighted by atomic mass is 10.0. The second-order valence-electron chi connectivity index (χ2n) is 9.59. The van der Waals surface area contributed by atoms with Crippen LogP contribution in [0.1, 0.15) is 67.3 Å². The van der Waals surface area contributed by atoms with Crippen LogP contribution in [0.3, 0.4) is 0 Å². The van der Waals surface area contributed by atoms with E-state index in [9.17, 15) is 14.4 Å². The average Bonchev–Trinajstić information content (AvgIpc) is 3.41. The summed E-state index contributed by atoms with van der Waals surface area (Å²) in [7, 11) is 0. The third kappa shape index (κ3) is 5.36. The van der Waals surface area contributed by atoms with Gasteiger partial charge in [-0.3, -0.25) is 19.4 Å². The van der Waals surface area contributed by atoms with Gasteiger partial charge in [-0.2, -0.15) is 0 Å². The second-order valence-corrected chi connectivity index (χ2v) is 9.59. The molecule has 1 aliphatic heterocycles. The Morgan fingerprint density at radius 2 is 1.82 bits per heavy atom. The van der Waals surface area contributed by atoms with E-state index in [4.69, 9.17) is 0 Å². The van der Waals surface area contributed by atoms with E-state index in [1.54, 1.807) is 36.7 Å². The minimum atomic E-state index is -0.269. The smallest absolute Gasteiger partial charge is 0.256 e. The molecule has 1 aliphatic rings. The number of anilines is 1. The number of pyridine rings is 1. The first-order valence-corrected chi connectivity index (χ1v) is 12.7. The van der Waals surface area contributed by atoms with Crippen molar-refractivity contribution in [1.82, 2.24) is 20.6 Å². The number of carbonyl (C=O) groups excluding carboxylic acids is 3. The Hall–Kier alpha value is -4.98. The van der Waals surface area contributed by atoms with Crippen LogP contribution in [-0.2, 0) is 11.3 Å². The quantitative estimate of drug-likeness (QED) is 0.259. The average molecular weight is 520 g/mol. The van der Waals surface area contributed by atoms with Crippen LogP contribution in [0.5, 0.6) is 0 Å². The van der Waals surface area contributed by atoms with Gasteiger partial charge in [0.25, 0.3) is 17.7 Å². The number of carbonyl (C=O) groups is 3. The molecular weight excluding hydrogens is 490 g/mol. The first-order chi connectivity index (χ1) is 18.8. The molecule has 1 unspecified atom stereocenters. The lowest BCUT2D eigenvalue weighted by Gasteiger charge is -2.14. The summed E-state index contributed by atoms with van der Waals surface area (Å²) < 4.78 is 0. The Morgan fingerprint density at radius 3 is 2.56 bits per heavy atom. The number of amides is 3. The zero-order chi connectivity index (χ0) is 27.5. The van der Waals surface area contributed by atoms with Crippen molar-refractivity contribution in [2.45, 2.75) is 33.4 Å². The Kier molecular flexibility index (Phi) is 7.10. The summed E-state index contributed by atoms with van der Waals surface area (Å²) in [6.07, 6.45) is 5.12. The Bertz CT molecular complexity index is 1590. The molecule has 3 amide bonds. The van der Waals surface area contributed by atoms with Gasteiger partial charge in [0.15, 0.2) is 0 Å². The van der Waals surface area contributed by atoms with E-state index in [1.165, 1.54) is 0 Å². The standard InChI is InChI=1S/C31H29N5O3/c1-18-27(34-20(3)28(18)31(39)33-17-21-8-7-13-32-16-21)15-25-24-14-23(11-12-26(24)36-30(25)38)29(37)35-19(2)22-9-5-4-6-10-22/h4-16,19,34H,17H2,1-3H3,(H,33,39)(H,35,37)(H,36,38)/b25-15-. The van der Waals surface area contributed by atoms with Crippen LogP contribution in [0.25, 0.3) is 11.6 Å². The maximum atomic E-state index is 13.0. The molecule has 196 valence electrons. The van der Waals surface area contributed by atoms with Gasteiger partial charge in [-0.25, -0.2) is 0 Å². The van der Waals surface area contributed by atoms with Crippen molar-refractivity contribution in [3.05, 3.63) is 118 Å². The molecule has 0 bridgehead atoms. The number of hydrogen-bond acceptors (Lipinski definition) is 4. The van der Waals surface area contributed by atoms with Gasteiger partial charge in [0.1, 0.15) is 0 Å². The van der Waals surface area contributed by atoms with E-state index in [0.29, 0.717) is 45.9 Å². The van der Waals surface area contributed by atoms with Crippen LogP contribution < -0.4 is 16.0 Å². The van der Waals surface area contributed by atoms with Crippen molar-refractivity contribution < 1.29 is 14.4 Å². The number of aromatic amines is 1. The molecule has 0 fully saturated rings. The summed E-state index contributed by atoms with van der Waals surface area (Å²) >= 11 is 0. The molecule has 2 aromatic carbocycles. The maximum Gasteiger partial charge on any atom is 0.256 e. The fraction of sp³-hybridized carbons (Fsp3) is 0.161. The molecule has 2 aromatic heterocycles. The topological polar surface area (TPSA) is 116 Å². The van der Waals surface area contributed by atoms with Gasteiger partial charge >= 0.3 is 0 Å². The summed E-state index contributed by atoms with van der Waals surface area (Å²) in [5.41, 5.74) is 6.66. The number of nitrogens with zero attached hydrogens (tertiary/aromatic N) is 1. The second kappa shape index (κ2) is 10.8. The van der Waals surface area contributed by atoms with Gasteiger partial charge in [-0.05, 0) is 67.8 Å². The molecule has 4 N–H and O–H groups in total. The molecule has 0 saturated carbocycles. The number of nitrogens with one attached hydrogen (secondary N) is 4. The molecule has 8 heteroatoms. The number of benzene rings is 2. The van der Waals surface area contributed by atoms with Crippen LogP contribution in [0, 0.1) is 13.8 Å². The molecule has 39 heavy (non-hydrogen) atoms. The van der Waals surface area contributed by atoms with Gasteiger partial charge in [-0.15, -0.1) is 0 Å². The third-order valence-electron chi connectivity index (χ3n) is 6.88. The van der Waals surface area contributed by atoms with Crippen LogP contribution in [-0.4, -0.2) is 27.7 Å². The zero-order valence-corrected chi connectivity index (χ0v) is 22.0. The number of rotatable bonds is 7. The van der Waals surface area contributed by atoms with Gasteiger partial charge in [0, 0.05) is 47.1 Å². The van der Waals surface area contributed by atoms with Crippen molar-refractivity contribution in [3.8, 4) is 0 Å². The van der Waals surface area contributed by atoms with Gasteiger partial charge in [0.05, 0.1) is 17.2 Å². The summed E-state index contributed by atoms with van der Waals surface area (Å²) in [4.78, 5) is 46.2. The number of aryl methyl sites for hydroxylation is 1. The third-order valence-corrected chi connectivity index (χ3v) is 6.88. The van der Waals surface area contributed by atoms with E-state index in [-0.39, 0.29) is 23.8 Å². The van der Waals surface area contributed by atoms with Crippen molar-refractivity contribution >= 4 is 35.1 Å². The molecule has 1 atom stereocenters. The van der Waals surface area contributed by atoms with Gasteiger partial charge in [-0.1, -0.05) is 36.4 Å². The minimum absolute atomic E-state index is 0.172. The van der Waals surface area contributed by atoms with Crippen LogP contribution in [0.2, 0.25) is 0 Å². The van der Waals surface area contributed by atoms with Crippen molar-refractivity contribution in [3.63, 3.8) is 0 Å². The van der Waals surface area contributed by atoms with Crippen molar-refractivity contribution in [1.29, 1.82) is 0 Å². The first kappa shape index (κ1) is 25.7. The fourth-order valence-electron chi connectivity index (χ4n) is 4.75. The van der Waals surface area contributed by atoms with Crippen LogP contribution >= 0.6 is 0 Å². The fourth-order valence-corrected chi connectivity index (χ4v) is 4.75. The van der Waals surface area contributed by atoms with Gasteiger partial charge < -0.3 is 20.9 Å². The largest absolute Gasteiger partial charge is 0.358 e. The van der Waals surface area contributed by atoms with Gasteiger partial charge in [0.2, 0.25) is 0 Å². The monoisotopic (exact) mass is 519 g/mol. The number of H-pyrrole nitrogens is 1. The highest BCUT2D eigenvalue weighted by atomic mass is 16.2. The highest BCUT2D eigenvalue weighted by molar-refractivity contribution is 6.35. The minimum Gasteiger partial charge on any atom is -0.358 e. The predicted octanol–water partition coefficient (Wildman–Crippen LogP) is 4.94. The van der Waals surface area contributed by atoms with E-state index in [2.05, 4.69) is 25.9 Å². The number of aromatic nitrogens is 2. The molecule has 0 spiro atoms. The number of hydrogen-bond donors (Lipinski definition) is 4. The van der Waals surface area contributed by atoms with Crippen LogP contribution in [0.4, 0.5) is 5.69 Å². The highest BCUT2D eigenvalue weighted by Crippen LogP contribution is 2.35. The van der Waals surface area contributed by atoms with E-state index >= 15 is 0 Å². The number of fused-ring (bicyclic) bond motifs is 1. The maximum absolute atomic E-state index is 13.0. The van der Waals surface area contributed by atoms with Crippen molar-refractivity contribution in [2.75, 3.05) is 5.32 Å². The summed E-state index contributed by atoms with van der Waals surface area (Å²) in [5.74, 6) is -0.709. The molecule has 0 radical (unpaired) electrons. The van der Waals surface area contributed by atoms with Crippen LogP contribution in [0.15, 0.2) is 73.1 Å². The summed E-state index contributed by atoms with van der Waals surface area (Å²) in [5, 5.41) is 8.81.